The summed E-state index contributed by atoms with van der Waals surface area (Å²) in [5, 5.41) is 0. The number of methoxy groups -OCH3 is 1. The van der Waals surface area contributed by atoms with Crippen LogP contribution in [0.1, 0.15) is 50.5 Å². The number of benzene rings is 1. The molecule has 1 aromatic rings. The van der Waals surface area contributed by atoms with Gasteiger partial charge in [0.05, 0.1) is 7.11 Å². The molecule has 0 atom stereocenters. The molecule has 3 nitrogen and oxygen atoms in total. The van der Waals surface area contributed by atoms with Gasteiger partial charge in [0, 0.05) is 6.42 Å². The van der Waals surface area contributed by atoms with Crippen molar-refractivity contribution in [1.29, 1.82) is 0 Å². The molecule has 3 heteroatoms. The summed E-state index contributed by atoms with van der Waals surface area (Å²) in [7, 11) is 1.31. The van der Waals surface area contributed by atoms with E-state index in [1.807, 2.05) is 6.07 Å². The predicted octanol–water partition coefficient (Wildman–Crippen LogP) is 3.70. The Balaban J connectivity index is 1.95. The maximum absolute atomic E-state index is 11.4. The molecule has 0 amide bonds. The van der Waals surface area contributed by atoms with Crippen LogP contribution in [0.2, 0.25) is 0 Å². The van der Waals surface area contributed by atoms with Crippen LogP contribution in [0.3, 0.4) is 0 Å². The molecule has 1 aromatic carbocycles. The fourth-order valence-corrected chi connectivity index (χ4v) is 2.15. The normalized spacial score (nSPS) is 10.2. The topological polar surface area (TPSA) is 43.4 Å². The Morgan fingerprint density at radius 1 is 0.950 bits per heavy atom. The number of hydrogen-bond acceptors (Lipinski definition) is 3. The van der Waals surface area contributed by atoms with Crippen LogP contribution in [0.5, 0.6) is 0 Å². The van der Waals surface area contributed by atoms with Gasteiger partial charge in [0.2, 0.25) is 0 Å². The molecule has 1 rings (SSSR count). The summed E-state index contributed by atoms with van der Waals surface area (Å²) in [4.78, 5) is 22.3. The lowest BCUT2D eigenvalue weighted by Crippen LogP contribution is -2.08. The fraction of sp³-hybridized carbons (Fsp3) is 0.529. The molecule has 0 heterocycles. The summed E-state index contributed by atoms with van der Waals surface area (Å²) >= 11 is 0. The first-order chi connectivity index (χ1) is 9.72. The van der Waals surface area contributed by atoms with Gasteiger partial charge in [-0.1, -0.05) is 49.6 Å². The van der Waals surface area contributed by atoms with Crippen molar-refractivity contribution < 1.29 is 14.3 Å². The number of carbonyl (C=O) groups excluding carboxylic acids is 2. The Bertz CT molecular complexity index is 398. The highest BCUT2D eigenvalue weighted by molar-refractivity contribution is 5.95. The quantitative estimate of drug-likeness (QED) is 0.372. The Hall–Kier alpha value is -1.64. The van der Waals surface area contributed by atoms with Crippen LogP contribution in [0.4, 0.5) is 0 Å². The first kappa shape index (κ1) is 16.4. The van der Waals surface area contributed by atoms with Crippen molar-refractivity contribution in [1.82, 2.24) is 0 Å². The minimum atomic E-state index is -0.433. The Labute approximate surface area is 121 Å². The number of carbonyl (C=O) groups is 2. The third kappa shape index (κ3) is 7.72. The smallest absolute Gasteiger partial charge is 0.313 e. The number of rotatable bonds is 10. The number of esters is 1. The van der Waals surface area contributed by atoms with Crippen molar-refractivity contribution in [2.45, 2.75) is 51.4 Å². The molecule has 0 bridgehead atoms. The molecule has 0 aromatic heterocycles. The Morgan fingerprint density at radius 3 is 2.30 bits per heavy atom. The number of ketones is 1. The van der Waals surface area contributed by atoms with Gasteiger partial charge in [0.1, 0.15) is 12.2 Å². The molecule has 0 saturated carbocycles. The molecular weight excluding hydrogens is 252 g/mol. The maximum Gasteiger partial charge on any atom is 0.313 e. The molecule has 0 fully saturated rings. The van der Waals surface area contributed by atoms with Gasteiger partial charge in [-0.25, -0.2) is 0 Å². The van der Waals surface area contributed by atoms with E-state index in [4.69, 9.17) is 0 Å². The summed E-state index contributed by atoms with van der Waals surface area (Å²) in [6.45, 7) is 0. The largest absolute Gasteiger partial charge is 0.469 e. The second-order valence-corrected chi connectivity index (χ2v) is 5.04. The molecular formula is C17H24O3. The van der Waals surface area contributed by atoms with Crippen LogP contribution in [0.25, 0.3) is 0 Å². The molecule has 0 N–H and O–H groups in total. The van der Waals surface area contributed by atoms with Gasteiger partial charge >= 0.3 is 5.97 Å². The number of Topliss-reactive ketones (excluding diaryl/α,β-unsaturated/α-hetero) is 1. The van der Waals surface area contributed by atoms with Crippen molar-refractivity contribution in [2.24, 2.45) is 0 Å². The number of ether oxygens (including phenoxy) is 1. The summed E-state index contributed by atoms with van der Waals surface area (Å²) in [5.41, 5.74) is 1.39. The van der Waals surface area contributed by atoms with Crippen LogP contribution in [0.15, 0.2) is 30.3 Å². The monoisotopic (exact) mass is 276 g/mol. The zero-order chi connectivity index (χ0) is 14.6. The van der Waals surface area contributed by atoms with Gasteiger partial charge < -0.3 is 4.74 Å². The standard InChI is InChI=1S/C17H24O3/c1-20-17(19)14-16(18)13-9-4-2-3-6-10-15-11-7-5-8-12-15/h5,7-8,11-12H,2-4,6,9-10,13-14H2,1H3. The highest BCUT2D eigenvalue weighted by Crippen LogP contribution is 2.10. The molecule has 0 aliphatic carbocycles. The molecule has 0 saturated heterocycles. The van der Waals surface area contributed by atoms with Crippen molar-refractivity contribution in [3.05, 3.63) is 35.9 Å². The van der Waals surface area contributed by atoms with E-state index in [-0.39, 0.29) is 12.2 Å². The molecule has 0 aliphatic heterocycles. The first-order valence-electron chi connectivity index (χ1n) is 7.35. The van der Waals surface area contributed by atoms with Gasteiger partial charge in [0.15, 0.2) is 0 Å². The highest BCUT2D eigenvalue weighted by atomic mass is 16.5. The van der Waals surface area contributed by atoms with Gasteiger partial charge in [-0.3, -0.25) is 9.59 Å². The van der Waals surface area contributed by atoms with E-state index in [0.717, 1.165) is 25.7 Å². The predicted molar refractivity (Wildman–Crippen MR) is 79.5 cm³/mol. The number of unbranched alkanes of at least 4 members (excludes halogenated alkanes) is 4. The number of hydrogen-bond donors (Lipinski definition) is 0. The van der Waals surface area contributed by atoms with Gasteiger partial charge in [-0.05, 0) is 24.8 Å². The van der Waals surface area contributed by atoms with Gasteiger partial charge in [0.25, 0.3) is 0 Å². The summed E-state index contributed by atoms with van der Waals surface area (Å²) < 4.78 is 4.46. The lowest BCUT2D eigenvalue weighted by Gasteiger charge is -2.02. The lowest BCUT2D eigenvalue weighted by atomic mass is 10.0. The lowest BCUT2D eigenvalue weighted by molar-refractivity contribution is -0.143. The third-order valence-electron chi connectivity index (χ3n) is 3.33. The van der Waals surface area contributed by atoms with Gasteiger partial charge in [-0.15, -0.1) is 0 Å². The molecule has 0 spiro atoms. The van der Waals surface area contributed by atoms with Gasteiger partial charge in [-0.2, -0.15) is 0 Å². The highest BCUT2D eigenvalue weighted by Gasteiger charge is 2.08. The maximum atomic E-state index is 11.4. The Kier molecular flexibility index (Phi) is 8.36. The van der Waals surface area contributed by atoms with E-state index in [2.05, 4.69) is 29.0 Å². The molecule has 0 radical (unpaired) electrons. The van der Waals surface area contributed by atoms with Crippen LogP contribution >= 0.6 is 0 Å². The summed E-state index contributed by atoms with van der Waals surface area (Å²) in [6.07, 6.45) is 7.02. The molecule has 20 heavy (non-hydrogen) atoms. The second kappa shape index (κ2) is 10.2. The fourth-order valence-electron chi connectivity index (χ4n) is 2.15. The van der Waals surface area contributed by atoms with Crippen LogP contribution in [-0.4, -0.2) is 18.9 Å². The molecule has 110 valence electrons. The van der Waals surface area contributed by atoms with E-state index in [9.17, 15) is 9.59 Å². The Morgan fingerprint density at radius 2 is 1.60 bits per heavy atom. The van der Waals surface area contributed by atoms with E-state index in [0.29, 0.717) is 6.42 Å². The zero-order valence-electron chi connectivity index (χ0n) is 12.3. The van der Waals surface area contributed by atoms with E-state index in [1.165, 1.54) is 25.5 Å². The minimum absolute atomic E-state index is 0.0128. The van der Waals surface area contributed by atoms with Crippen LogP contribution < -0.4 is 0 Å². The summed E-state index contributed by atoms with van der Waals surface area (Å²) in [5.74, 6) is -0.445. The average molecular weight is 276 g/mol. The van der Waals surface area contributed by atoms with Crippen molar-refractivity contribution in [3.63, 3.8) is 0 Å². The molecule has 0 unspecified atom stereocenters. The average Bonchev–Trinajstić information content (AvgIpc) is 2.47. The van der Waals surface area contributed by atoms with E-state index in [1.54, 1.807) is 0 Å². The third-order valence-corrected chi connectivity index (χ3v) is 3.33. The van der Waals surface area contributed by atoms with E-state index >= 15 is 0 Å². The number of aryl methyl sites for hydroxylation is 1. The van der Waals surface area contributed by atoms with Crippen molar-refractivity contribution in [2.75, 3.05) is 7.11 Å². The molecule has 0 aliphatic rings. The van der Waals surface area contributed by atoms with Crippen LogP contribution in [-0.2, 0) is 20.7 Å². The van der Waals surface area contributed by atoms with Crippen LogP contribution in [0, 0.1) is 0 Å². The second-order valence-electron chi connectivity index (χ2n) is 5.04. The minimum Gasteiger partial charge on any atom is -0.469 e. The SMILES string of the molecule is COC(=O)CC(=O)CCCCCCCc1ccccc1. The van der Waals surface area contributed by atoms with Crippen molar-refractivity contribution >= 4 is 11.8 Å². The zero-order valence-corrected chi connectivity index (χ0v) is 12.3. The summed E-state index contributed by atoms with van der Waals surface area (Å²) in [6, 6.07) is 10.5. The van der Waals surface area contributed by atoms with E-state index < -0.39 is 5.97 Å². The first-order valence-corrected chi connectivity index (χ1v) is 7.35. The van der Waals surface area contributed by atoms with Crippen molar-refractivity contribution in [3.8, 4) is 0 Å².